The Labute approximate surface area is 164 Å². The zero-order chi connectivity index (χ0) is 20.1. The molecule has 0 saturated heterocycles. The lowest BCUT2D eigenvalue weighted by atomic mass is 10.1. The molecule has 2 amide bonds. The largest absolute Gasteiger partial charge is 0.366 e. The van der Waals surface area contributed by atoms with Gasteiger partial charge in [0.15, 0.2) is 0 Å². The average Bonchev–Trinajstić information content (AvgIpc) is 3.13. The van der Waals surface area contributed by atoms with Gasteiger partial charge < -0.3 is 11.1 Å². The molecule has 0 radical (unpaired) electrons. The second-order valence-electron chi connectivity index (χ2n) is 6.68. The topological polar surface area (TPSA) is 90.0 Å². The zero-order valence-electron chi connectivity index (χ0n) is 16.1. The molecule has 3 aromatic rings. The lowest BCUT2D eigenvalue weighted by Crippen LogP contribution is -2.26. The van der Waals surface area contributed by atoms with Crippen LogP contribution in [-0.2, 0) is 12.8 Å². The van der Waals surface area contributed by atoms with Gasteiger partial charge in [-0.1, -0.05) is 36.8 Å². The van der Waals surface area contributed by atoms with E-state index in [9.17, 15) is 9.59 Å². The van der Waals surface area contributed by atoms with E-state index in [0.29, 0.717) is 30.5 Å². The van der Waals surface area contributed by atoms with Crippen LogP contribution in [0, 0.1) is 6.92 Å². The van der Waals surface area contributed by atoms with Crippen molar-refractivity contribution < 1.29 is 9.59 Å². The van der Waals surface area contributed by atoms with Crippen LogP contribution in [0.4, 0.5) is 0 Å². The number of carbonyl (C=O) groups excluding carboxylic acids is 2. The predicted octanol–water partition coefficient (Wildman–Crippen LogP) is 2.81. The second kappa shape index (κ2) is 8.52. The van der Waals surface area contributed by atoms with Crippen molar-refractivity contribution in [2.45, 2.75) is 26.7 Å². The standard InChI is InChI=1S/C22H24N4O2/c1-3-20-19(14-25-26(20)18-9-7-15(2)8-10-18)22(28)24-12-11-16-5-4-6-17(13-16)21(23)27/h4-10,13-14H,3,11-12H2,1-2H3,(H2,23,27)(H,24,28). The summed E-state index contributed by atoms with van der Waals surface area (Å²) in [5.74, 6) is -0.608. The Hall–Kier alpha value is -3.41. The van der Waals surface area contributed by atoms with Crippen LogP contribution >= 0.6 is 0 Å². The molecule has 0 bridgehead atoms. The van der Waals surface area contributed by atoms with Gasteiger partial charge >= 0.3 is 0 Å². The molecular weight excluding hydrogens is 352 g/mol. The van der Waals surface area contributed by atoms with Crippen LogP contribution in [0.25, 0.3) is 5.69 Å². The Kier molecular flexibility index (Phi) is 5.89. The minimum atomic E-state index is -0.456. The molecule has 6 nitrogen and oxygen atoms in total. The maximum atomic E-state index is 12.6. The fourth-order valence-corrected chi connectivity index (χ4v) is 3.11. The van der Waals surface area contributed by atoms with Crippen molar-refractivity contribution >= 4 is 11.8 Å². The summed E-state index contributed by atoms with van der Waals surface area (Å²) in [6.45, 7) is 4.50. The summed E-state index contributed by atoms with van der Waals surface area (Å²) in [5.41, 5.74) is 10.3. The van der Waals surface area contributed by atoms with Gasteiger partial charge in [0.2, 0.25) is 5.91 Å². The molecule has 28 heavy (non-hydrogen) atoms. The summed E-state index contributed by atoms with van der Waals surface area (Å²) >= 11 is 0. The second-order valence-corrected chi connectivity index (χ2v) is 6.68. The van der Waals surface area contributed by atoms with E-state index in [2.05, 4.69) is 10.4 Å². The van der Waals surface area contributed by atoms with E-state index in [1.54, 1.807) is 24.4 Å². The Bertz CT molecular complexity index is 990. The van der Waals surface area contributed by atoms with E-state index in [-0.39, 0.29) is 5.91 Å². The third-order valence-electron chi connectivity index (χ3n) is 4.64. The summed E-state index contributed by atoms with van der Waals surface area (Å²) in [7, 11) is 0. The van der Waals surface area contributed by atoms with E-state index < -0.39 is 5.91 Å². The van der Waals surface area contributed by atoms with Crippen LogP contribution in [0.3, 0.4) is 0 Å². The number of carbonyl (C=O) groups is 2. The molecule has 3 rings (SSSR count). The first-order chi connectivity index (χ1) is 13.5. The number of nitrogens with one attached hydrogen (secondary N) is 1. The van der Waals surface area contributed by atoms with Gasteiger partial charge in [0.25, 0.3) is 5.91 Å². The SMILES string of the molecule is CCc1c(C(=O)NCCc2cccc(C(N)=O)c2)cnn1-c1ccc(C)cc1. The monoisotopic (exact) mass is 376 g/mol. The summed E-state index contributed by atoms with van der Waals surface area (Å²) in [5, 5.41) is 7.35. The van der Waals surface area contributed by atoms with Crippen molar-refractivity contribution in [3.05, 3.63) is 82.7 Å². The van der Waals surface area contributed by atoms with Crippen LogP contribution in [0.2, 0.25) is 0 Å². The van der Waals surface area contributed by atoms with Crippen molar-refractivity contribution in [2.24, 2.45) is 5.73 Å². The highest BCUT2D eigenvalue weighted by Gasteiger charge is 2.16. The molecule has 0 spiro atoms. The maximum Gasteiger partial charge on any atom is 0.254 e. The third kappa shape index (κ3) is 4.28. The number of benzene rings is 2. The molecule has 0 aliphatic carbocycles. The van der Waals surface area contributed by atoms with E-state index in [1.807, 2.05) is 48.9 Å². The van der Waals surface area contributed by atoms with E-state index in [1.165, 1.54) is 5.56 Å². The van der Waals surface area contributed by atoms with Crippen LogP contribution < -0.4 is 11.1 Å². The van der Waals surface area contributed by atoms with Gasteiger partial charge in [-0.05, 0) is 49.6 Å². The molecule has 144 valence electrons. The number of amides is 2. The molecule has 3 N–H and O–H groups in total. The Morgan fingerprint density at radius 1 is 1.14 bits per heavy atom. The van der Waals surface area contributed by atoms with Crippen molar-refractivity contribution in [1.82, 2.24) is 15.1 Å². The molecule has 0 atom stereocenters. The Morgan fingerprint density at radius 3 is 2.57 bits per heavy atom. The molecule has 0 unspecified atom stereocenters. The summed E-state index contributed by atoms with van der Waals surface area (Å²) in [6, 6.07) is 15.2. The van der Waals surface area contributed by atoms with Gasteiger partial charge in [0, 0.05) is 12.1 Å². The van der Waals surface area contributed by atoms with Crippen molar-refractivity contribution in [3.8, 4) is 5.69 Å². The zero-order valence-corrected chi connectivity index (χ0v) is 16.1. The Balaban J connectivity index is 1.68. The summed E-state index contributed by atoms with van der Waals surface area (Å²) in [6.07, 6.45) is 2.92. The van der Waals surface area contributed by atoms with Gasteiger partial charge in [-0.2, -0.15) is 5.10 Å². The molecule has 1 aromatic heterocycles. The highest BCUT2D eigenvalue weighted by atomic mass is 16.2. The average molecular weight is 376 g/mol. The minimum absolute atomic E-state index is 0.152. The highest BCUT2D eigenvalue weighted by molar-refractivity contribution is 5.95. The van der Waals surface area contributed by atoms with E-state index >= 15 is 0 Å². The van der Waals surface area contributed by atoms with Crippen LogP contribution in [-0.4, -0.2) is 28.1 Å². The van der Waals surface area contributed by atoms with Gasteiger partial charge in [0.1, 0.15) is 0 Å². The summed E-state index contributed by atoms with van der Waals surface area (Å²) in [4.78, 5) is 23.9. The lowest BCUT2D eigenvalue weighted by Gasteiger charge is -2.09. The normalized spacial score (nSPS) is 10.6. The van der Waals surface area contributed by atoms with E-state index in [4.69, 9.17) is 5.73 Å². The van der Waals surface area contributed by atoms with Gasteiger partial charge in [-0.15, -0.1) is 0 Å². The number of rotatable bonds is 7. The smallest absolute Gasteiger partial charge is 0.254 e. The molecule has 0 saturated carbocycles. The number of hydrogen-bond donors (Lipinski definition) is 2. The highest BCUT2D eigenvalue weighted by Crippen LogP contribution is 2.16. The summed E-state index contributed by atoms with van der Waals surface area (Å²) < 4.78 is 1.81. The molecule has 0 fully saturated rings. The van der Waals surface area contributed by atoms with Crippen molar-refractivity contribution in [2.75, 3.05) is 6.54 Å². The number of aryl methyl sites for hydroxylation is 1. The molecule has 1 heterocycles. The first-order valence-electron chi connectivity index (χ1n) is 9.30. The number of hydrogen-bond acceptors (Lipinski definition) is 3. The first kappa shape index (κ1) is 19.4. The van der Waals surface area contributed by atoms with Crippen LogP contribution in [0.15, 0.2) is 54.7 Å². The third-order valence-corrected chi connectivity index (χ3v) is 4.64. The molecule has 0 aliphatic rings. The number of aromatic nitrogens is 2. The van der Waals surface area contributed by atoms with Gasteiger partial charge in [-0.25, -0.2) is 4.68 Å². The first-order valence-corrected chi connectivity index (χ1v) is 9.30. The lowest BCUT2D eigenvalue weighted by molar-refractivity contribution is 0.0951. The fraction of sp³-hybridized carbons (Fsp3) is 0.227. The van der Waals surface area contributed by atoms with Gasteiger partial charge in [-0.3, -0.25) is 9.59 Å². The molecular formula is C22H24N4O2. The minimum Gasteiger partial charge on any atom is -0.366 e. The predicted molar refractivity (Wildman–Crippen MR) is 109 cm³/mol. The molecule has 0 aliphatic heterocycles. The van der Waals surface area contributed by atoms with Crippen molar-refractivity contribution in [1.29, 1.82) is 0 Å². The quantitative estimate of drug-likeness (QED) is 0.664. The number of nitrogens with zero attached hydrogens (tertiary/aromatic N) is 2. The maximum absolute atomic E-state index is 12.6. The molecule has 6 heteroatoms. The van der Waals surface area contributed by atoms with Crippen LogP contribution in [0.1, 0.15) is 44.5 Å². The fourth-order valence-electron chi connectivity index (χ4n) is 3.11. The van der Waals surface area contributed by atoms with Gasteiger partial charge in [0.05, 0.1) is 23.1 Å². The number of primary amides is 1. The molecule has 2 aromatic carbocycles. The van der Waals surface area contributed by atoms with E-state index in [0.717, 1.165) is 16.9 Å². The number of nitrogens with two attached hydrogens (primary N) is 1. The van der Waals surface area contributed by atoms with Crippen LogP contribution in [0.5, 0.6) is 0 Å². The Morgan fingerprint density at radius 2 is 1.89 bits per heavy atom. The van der Waals surface area contributed by atoms with Crippen molar-refractivity contribution in [3.63, 3.8) is 0 Å².